The Hall–Kier alpha value is -1.32. The molecule has 0 amide bonds. The van der Waals surface area contributed by atoms with Crippen LogP contribution in [0.1, 0.15) is 35.4 Å². The van der Waals surface area contributed by atoms with E-state index in [4.69, 9.17) is 16.4 Å². The molecule has 1 aliphatic rings. The van der Waals surface area contributed by atoms with Crippen molar-refractivity contribution in [2.75, 3.05) is 6.61 Å². The second-order valence-electron chi connectivity index (χ2n) is 2.83. The summed E-state index contributed by atoms with van der Waals surface area (Å²) in [5.74, 6) is -8.36. The van der Waals surface area contributed by atoms with E-state index < -0.39 is 56.6 Å². The van der Waals surface area contributed by atoms with Crippen molar-refractivity contribution in [3.63, 3.8) is 0 Å². The monoisotopic (exact) mass is 220 g/mol. The number of cyclic esters (lactones) is 1. The summed E-state index contributed by atoms with van der Waals surface area (Å²) in [6, 6.07) is 0. The van der Waals surface area contributed by atoms with Gasteiger partial charge in [-0.2, -0.15) is 0 Å². The number of aryl methyl sites for hydroxylation is 1. The molecule has 4 heteroatoms. The van der Waals surface area contributed by atoms with Gasteiger partial charge < -0.3 is 9.30 Å². The van der Waals surface area contributed by atoms with E-state index in [2.05, 4.69) is 9.72 Å². The highest BCUT2D eigenvalue weighted by molar-refractivity contribution is 5.74. The summed E-state index contributed by atoms with van der Waals surface area (Å²) in [5.41, 5.74) is -0.742. The summed E-state index contributed by atoms with van der Waals surface area (Å²) < 4.78 is 98.2. The van der Waals surface area contributed by atoms with Gasteiger partial charge in [0.05, 0.1) is 18.8 Å². The number of carbonyl (C=O) groups excluding carboxylic acids is 1. The third kappa shape index (κ3) is 1.89. The molecule has 0 bridgehead atoms. The first-order valence-corrected chi connectivity index (χ1v) is 4.06. The number of hydrogen-bond donors (Lipinski definition) is 0. The molecular weight excluding hydrogens is 192 g/mol. The Balaban J connectivity index is 2.75. The number of aromatic nitrogens is 2. The van der Waals surface area contributed by atoms with Crippen molar-refractivity contribution >= 4 is 5.97 Å². The third-order valence-corrected chi connectivity index (χ3v) is 1.90. The molecule has 2 heterocycles. The molecule has 1 aliphatic heterocycles. The Bertz CT molecular complexity index is 753. The quantitative estimate of drug-likeness (QED) is 0.718. The normalized spacial score (nSPS) is 50.8. The van der Waals surface area contributed by atoms with E-state index in [0.29, 0.717) is 4.57 Å². The molecular formula is C11H16N2O2. The number of rotatable bonds is 3. The van der Waals surface area contributed by atoms with E-state index in [9.17, 15) is 4.79 Å². The van der Waals surface area contributed by atoms with Crippen molar-refractivity contribution in [2.45, 2.75) is 19.6 Å². The molecule has 1 fully saturated rings. The van der Waals surface area contributed by atoms with Crippen molar-refractivity contribution in [3.8, 4) is 0 Å². The van der Waals surface area contributed by atoms with Gasteiger partial charge in [0, 0.05) is 41.2 Å². The zero-order chi connectivity index (χ0) is 21.3. The molecule has 15 heavy (non-hydrogen) atoms. The highest BCUT2D eigenvalue weighted by atomic mass is 16.5. The number of esters is 1. The number of imidazole rings is 1. The summed E-state index contributed by atoms with van der Waals surface area (Å²) in [4.78, 5) is 15.7. The maximum absolute atomic E-state index is 12.2. The fourth-order valence-corrected chi connectivity index (χ4v) is 1.17. The largest absolute Gasteiger partial charge is 0.465 e. The molecule has 0 radical (unpaired) electrons. The van der Waals surface area contributed by atoms with Gasteiger partial charge in [0.1, 0.15) is 0 Å². The molecule has 1 saturated heterocycles. The van der Waals surface area contributed by atoms with Crippen LogP contribution in [0.25, 0.3) is 0 Å². The second-order valence-corrected chi connectivity index (χ2v) is 2.83. The van der Waals surface area contributed by atoms with Gasteiger partial charge in [-0.1, -0.05) is 6.85 Å². The number of nitrogens with zero attached hydrogens (tertiary/aromatic N) is 2. The van der Waals surface area contributed by atoms with Gasteiger partial charge in [-0.25, -0.2) is 4.98 Å². The average Bonchev–Trinajstić information content (AvgIpc) is 3.07. The zero-order valence-electron chi connectivity index (χ0n) is 19.6. The topological polar surface area (TPSA) is 44.1 Å². The number of hydrogen-bond acceptors (Lipinski definition) is 3. The van der Waals surface area contributed by atoms with E-state index in [0.717, 1.165) is 12.5 Å². The summed E-state index contributed by atoms with van der Waals surface area (Å²) in [6.07, 6.45) is -5.35. The van der Waals surface area contributed by atoms with Crippen LogP contribution in [0.15, 0.2) is 12.5 Å². The van der Waals surface area contributed by atoms with Gasteiger partial charge in [-0.3, -0.25) is 4.79 Å². The maximum atomic E-state index is 12.2. The van der Waals surface area contributed by atoms with E-state index in [1.807, 2.05) is 0 Å². The lowest BCUT2D eigenvalue weighted by molar-refractivity contribution is -0.141. The van der Waals surface area contributed by atoms with Gasteiger partial charge in [-0.15, -0.1) is 0 Å². The predicted molar refractivity (Wildman–Crippen MR) is 55.1 cm³/mol. The Morgan fingerprint density at radius 2 is 2.87 bits per heavy atom. The Kier molecular flexibility index (Phi) is 0.833. The standard InChI is InChI=1S/C11H16N2O2/c1-3-10-8(6-15-11(10)14)4-9-5-12-7-13(9)2/h5,7-8,10H,3-4,6H2,1-2H3/t8-,10-/m0/s1/i1D3,2D3,3D2,4D2,8D,10D. The summed E-state index contributed by atoms with van der Waals surface area (Å²) in [5, 5.41) is 0. The minimum absolute atomic E-state index is 0.400. The van der Waals surface area contributed by atoms with Crippen LogP contribution in [0, 0.1) is 11.8 Å². The van der Waals surface area contributed by atoms with E-state index in [-0.39, 0.29) is 0 Å². The predicted octanol–water partition coefficient (Wildman–Crippen LogP) is 1.16. The molecule has 4 nitrogen and oxygen atoms in total. The lowest BCUT2D eigenvalue weighted by Gasteiger charge is -2.12. The van der Waals surface area contributed by atoms with Gasteiger partial charge in [0.2, 0.25) is 0 Å². The van der Waals surface area contributed by atoms with E-state index >= 15 is 0 Å². The van der Waals surface area contributed by atoms with Crippen molar-refractivity contribution in [2.24, 2.45) is 18.8 Å². The summed E-state index contributed by atoms with van der Waals surface area (Å²) in [7, 11) is 0. The van der Waals surface area contributed by atoms with Gasteiger partial charge in [0.15, 0.2) is 0 Å². The van der Waals surface area contributed by atoms with Crippen molar-refractivity contribution in [3.05, 3.63) is 18.2 Å². The van der Waals surface area contributed by atoms with E-state index in [1.165, 1.54) is 0 Å². The van der Waals surface area contributed by atoms with Crippen LogP contribution >= 0.6 is 0 Å². The van der Waals surface area contributed by atoms with Crippen LogP contribution in [-0.2, 0) is 22.9 Å². The van der Waals surface area contributed by atoms with Gasteiger partial charge >= 0.3 is 5.97 Å². The lowest BCUT2D eigenvalue weighted by Crippen LogP contribution is -2.18. The summed E-state index contributed by atoms with van der Waals surface area (Å²) >= 11 is 0. The fraction of sp³-hybridized carbons (Fsp3) is 0.636. The number of ether oxygens (including phenoxy) is 1. The minimum atomic E-state index is -3.67. The van der Waals surface area contributed by atoms with Gasteiger partial charge in [0.25, 0.3) is 0 Å². The van der Waals surface area contributed by atoms with Crippen molar-refractivity contribution < 1.29 is 26.0 Å². The van der Waals surface area contributed by atoms with Gasteiger partial charge in [-0.05, 0) is 12.7 Å². The highest BCUT2D eigenvalue weighted by Gasteiger charge is 2.35. The van der Waals surface area contributed by atoms with Crippen LogP contribution in [0.3, 0.4) is 0 Å². The molecule has 0 spiro atoms. The molecule has 0 saturated carbocycles. The molecule has 2 atom stereocenters. The fourth-order valence-electron chi connectivity index (χ4n) is 1.17. The van der Waals surface area contributed by atoms with Crippen molar-refractivity contribution in [1.29, 1.82) is 0 Å². The molecule has 2 rings (SSSR count). The first kappa shape index (κ1) is 3.09. The Labute approximate surface area is 106 Å². The van der Waals surface area contributed by atoms with E-state index in [1.54, 1.807) is 0 Å². The zero-order valence-corrected chi connectivity index (χ0v) is 7.57. The van der Waals surface area contributed by atoms with Crippen LogP contribution in [-0.4, -0.2) is 22.1 Å². The molecule has 1 aromatic rings. The van der Waals surface area contributed by atoms with Crippen LogP contribution in [0.4, 0.5) is 0 Å². The van der Waals surface area contributed by atoms with Crippen LogP contribution < -0.4 is 0 Å². The lowest BCUT2D eigenvalue weighted by atomic mass is 9.89. The SMILES string of the molecule is [2H]C([2H])([2H])n1cncc1C([2H])([2H])[C@@]1([2H])COC(=O)[C@@]1([2H])C([2H])([2H])C([2H])([2H])[2H]. The molecule has 0 N–H and O–H groups in total. The highest BCUT2D eigenvalue weighted by Crippen LogP contribution is 2.27. The molecule has 0 unspecified atom stereocenters. The molecule has 1 aromatic heterocycles. The summed E-state index contributed by atoms with van der Waals surface area (Å²) in [6.45, 7) is -7.64. The molecule has 0 aromatic carbocycles. The number of carbonyl (C=O) groups is 1. The van der Waals surface area contributed by atoms with Crippen LogP contribution in [0.5, 0.6) is 0 Å². The Morgan fingerprint density at radius 1 is 1.93 bits per heavy atom. The maximum Gasteiger partial charge on any atom is 0.309 e. The molecule has 82 valence electrons. The smallest absolute Gasteiger partial charge is 0.309 e. The average molecular weight is 220 g/mol. The Morgan fingerprint density at radius 3 is 3.67 bits per heavy atom. The minimum Gasteiger partial charge on any atom is -0.465 e. The van der Waals surface area contributed by atoms with Crippen molar-refractivity contribution in [1.82, 2.24) is 9.55 Å². The first-order valence-electron chi connectivity index (χ1n) is 10.1. The van der Waals surface area contributed by atoms with Crippen LogP contribution in [0.2, 0.25) is 0 Å². The first-order chi connectivity index (χ1) is 11.9. The third-order valence-electron chi connectivity index (χ3n) is 1.90. The molecule has 0 aliphatic carbocycles. The second kappa shape index (κ2) is 4.04.